The van der Waals surface area contributed by atoms with Gasteiger partial charge in [-0.3, -0.25) is 19.5 Å². The maximum Gasteiger partial charge on any atom is 0.419 e. The fraction of sp³-hybridized carbons (Fsp3) is 0.263. The number of nitrogens with zero attached hydrogens (tertiary/aromatic N) is 2. The van der Waals surface area contributed by atoms with Crippen LogP contribution in [0.15, 0.2) is 40.9 Å². The third kappa shape index (κ3) is 4.41. The molecule has 0 atom stereocenters. The lowest BCUT2D eigenvalue weighted by molar-refractivity contribution is -0.116. The molecular weight excluding hydrogens is 350 g/mol. The molecule has 0 saturated carbocycles. The largest absolute Gasteiger partial charge is 0.492 e. The van der Waals surface area contributed by atoms with Gasteiger partial charge in [0, 0.05) is 18.2 Å². The number of aryl methyl sites for hydroxylation is 2. The van der Waals surface area contributed by atoms with Gasteiger partial charge in [-0.2, -0.15) is 0 Å². The van der Waals surface area contributed by atoms with E-state index < -0.39 is 12.0 Å². The molecule has 3 rings (SSSR count). The summed E-state index contributed by atoms with van der Waals surface area (Å²) in [5, 5.41) is 2.03. The topological polar surface area (TPSA) is 99.5 Å². The van der Waals surface area contributed by atoms with Crippen molar-refractivity contribution in [1.29, 1.82) is 0 Å². The van der Waals surface area contributed by atoms with Crippen molar-refractivity contribution in [1.82, 2.24) is 14.9 Å². The molecule has 1 aromatic heterocycles. The summed E-state index contributed by atoms with van der Waals surface area (Å²) in [6, 6.07) is 8.45. The first-order valence-electron chi connectivity index (χ1n) is 8.51. The van der Waals surface area contributed by atoms with E-state index in [2.05, 4.69) is 4.98 Å². The van der Waals surface area contributed by atoms with Crippen molar-refractivity contribution in [3.8, 4) is 5.75 Å². The SMILES string of the molecule is CCc1nc(C)cc(=O)n1CCOc1ccc(/C=C2\OC(=O)NC2=O)cc1. The van der Waals surface area contributed by atoms with Crippen LogP contribution in [0.4, 0.5) is 4.79 Å². The van der Waals surface area contributed by atoms with E-state index in [9.17, 15) is 14.4 Å². The minimum atomic E-state index is -0.779. The number of alkyl carbamates (subject to hydrolysis) is 1. The van der Waals surface area contributed by atoms with Crippen LogP contribution in [0.5, 0.6) is 5.75 Å². The lowest BCUT2D eigenvalue weighted by atomic mass is 10.2. The molecule has 1 aliphatic rings. The molecule has 0 radical (unpaired) electrons. The summed E-state index contributed by atoms with van der Waals surface area (Å²) in [6.07, 6.45) is 1.35. The summed E-state index contributed by atoms with van der Waals surface area (Å²) in [5.74, 6) is 0.738. The number of amides is 2. The van der Waals surface area contributed by atoms with Crippen LogP contribution >= 0.6 is 0 Å². The van der Waals surface area contributed by atoms with Crippen LogP contribution in [0, 0.1) is 6.92 Å². The Morgan fingerprint density at radius 1 is 1.22 bits per heavy atom. The molecule has 0 spiro atoms. The Balaban J connectivity index is 1.62. The van der Waals surface area contributed by atoms with Crippen molar-refractivity contribution in [2.45, 2.75) is 26.8 Å². The van der Waals surface area contributed by atoms with Gasteiger partial charge in [0.1, 0.15) is 18.2 Å². The number of cyclic esters (lactones) is 1. The lowest BCUT2D eigenvalue weighted by Crippen LogP contribution is -2.27. The van der Waals surface area contributed by atoms with Crippen LogP contribution in [0.1, 0.15) is 24.0 Å². The second kappa shape index (κ2) is 7.86. The van der Waals surface area contributed by atoms with Gasteiger partial charge in [0.2, 0.25) is 0 Å². The lowest BCUT2D eigenvalue weighted by Gasteiger charge is -2.12. The first-order valence-corrected chi connectivity index (χ1v) is 8.51. The number of imide groups is 1. The maximum absolute atomic E-state index is 12.1. The van der Waals surface area contributed by atoms with E-state index in [1.165, 1.54) is 12.1 Å². The third-order valence-electron chi connectivity index (χ3n) is 3.94. The van der Waals surface area contributed by atoms with Crippen molar-refractivity contribution >= 4 is 18.1 Å². The third-order valence-corrected chi connectivity index (χ3v) is 3.94. The summed E-state index contributed by atoms with van der Waals surface area (Å²) < 4.78 is 12.0. The molecular formula is C19H19N3O5. The molecule has 2 heterocycles. The molecule has 1 saturated heterocycles. The zero-order chi connectivity index (χ0) is 19.4. The fourth-order valence-corrected chi connectivity index (χ4v) is 2.68. The van der Waals surface area contributed by atoms with Gasteiger partial charge in [-0.15, -0.1) is 0 Å². The normalized spacial score (nSPS) is 15.0. The zero-order valence-corrected chi connectivity index (χ0v) is 15.0. The summed E-state index contributed by atoms with van der Waals surface area (Å²) in [7, 11) is 0. The molecule has 1 N–H and O–H groups in total. The molecule has 8 heteroatoms. The minimum Gasteiger partial charge on any atom is -0.492 e. The number of nitrogens with one attached hydrogen (secondary N) is 1. The molecule has 8 nitrogen and oxygen atoms in total. The Hall–Kier alpha value is -3.42. The molecule has 1 aromatic carbocycles. The number of hydrogen-bond acceptors (Lipinski definition) is 6. The van der Waals surface area contributed by atoms with Gasteiger partial charge in [-0.05, 0) is 30.7 Å². The van der Waals surface area contributed by atoms with E-state index >= 15 is 0 Å². The highest BCUT2D eigenvalue weighted by atomic mass is 16.6. The molecule has 1 aliphatic heterocycles. The van der Waals surface area contributed by atoms with E-state index in [0.29, 0.717) is 36.6 Å². The number of hydrogen-bond donors (Lipinski definition) is 1. The summed E-state index contributed by atoms with van der Waals surface area (Å²) in [6.45, 7) is 4.47. The Morgan fingerprint density at radius 3 is 2.59 bits per heavy atom. The van der Waals surface area contributed by atoms with Gasteiger partial charge >= 0.3 is 6.09 Å². The van der Waals surface area contributed by atoms with E-state index in [1.807, 2.05) is 12.2 Å². The highest BCUT2D eigenvalue weighted by Crippen LogP contribution is 2.17. The second-order valence-corrected chi connectivity index (χ2v) is 5.93. The number of rotatable bonds is 6. The first kappa shape index (κ1) is 18.4. The van der Waals surface area contributed by atoms with Crippen molar-refractivity contribution in [2.75, 3.05) is 6.61 Å². The Bertz CT molecular complexity index is 960. The number of aromatic nitrogens is 2. The van der Waals surface area contributed by atoms with Gasteiger partial charge in [-0.25, -0.2) is 9.78 Å². The average Bonchev–Trinajstić information content (AvgIpc) is 2.95. The first-order chi connectivity index (χ1) is 13.0. The Morgan fingerprint density at radius 2 is 1.96 bits per heavy atom. The molecule has 1 fully saturated rings. The maximum atomic E-state index is 12.1. The zero-order valence-electron chi connectivity index (χ0n) is 15.0. The van der Waals surface area contributed by atoms with Crippen LogP contribution in [0.2, 0.25) is 0 Å². The minimum absolute atomic E-state index is 0.0491. The molecule has 0 aliphatic carbocycles. The summed E-state index contributed by atoms with van der Waals surface area (Å²) in [4.78, 5) is 38.9. The van der Waals surface area contributed by atoms with Gasteiger partial charge in [0.25, 0.3) is 11.5 Å². The monoisotopic (exact) mass is 369 g/mol. The molecule has 2 aromatic rings. The van der Waals surface area contributed by atoms with Gasteiger partial charge in [-0.1, -0.05) is 19.1 Å². The number of carbonyl (C=O) groups excluding carboxylic acids is 2. The van der Waals surface area contributed by atoms with Crippen LogP contribution in [0.25, 0.3) is 6.08 Å². The van der Waals surface area contributed by atoms with E-state index in [4.69, 9.17) is 9.47 Å². The van der Waals surface area contributed by atoms with E-state index in [0.717, 1.165) is 5.82 Å². The van der Waals surface area contributed by atoms with Gasteiger partial charge in [0.15, 0.2) is 5.76 Å². The molecule has 0 unspecified atom stereocenters. The quantitative estimate of drug-likeness (QED) is 0.780. The smallest absolute Gasteiger partial charge is 0.419 e. The summed E-state index contributed by atoms with van der Waals surface area (Å²) >= 11 is 0. The Labute approximate surface area is 155 Å². The van der Waals surface area contributed by atoms with E-state index in [1.54, 1.807) is 35.8 Å². The number of benzene rings is 1. The highest BCUT2D eigenvalue weighted by Gasteiger charge is 2.25. The van der Waals surface area contributed by atoms with Crippen LogP contribution < -0.4 is 15.6 Å². The number of carbonyl (C=O) groups is 2. The van der Waals surface area contributed by atoms with Crippen molar-refractivity contribution in [3.05, 3.63) is 63.5 Å². The highest BCUT2D eigenvalue weighted by molar-refractivity contribution is 6.09. The molecule has 140 valence electrons. The van der Waals surface area contributed by atoms with Crippen molar-refractivity contribution in [2.24, 2.45) is 0 Å². The summed E-state index contributed by atoms with van der Waals surface area (Å²) in [5.41, 5.74) is 1.31. The Kier molecular flexibility index (Phi) is 5.35. The molecule has 0 bridgehead atoms. The van der Waals surface area contributed by atoms with Gasteiger partial charge in [0.05, 0.1) is 6.54 Å². The van der Waals surface area contributed by atoms with E-state index in [-0.39, 0.29) is 11.3 Å². The number of ether oxygens (including phenoxy) is 2. The fourth-order valence-electron chi connectivity index (χ4n) is 2.68. The predicted octanol–water partition coefficient (Wildman–Crippen LogP) is 1.80. The van der Waals surface area contributed by atoms with Crippen molar-refractivity contribution < 1.29 is 19.1 Å². The van der Waals surface area contributed by atoms with Gasteiger partial charge < -0.3 is 9.47 Å². The van der Waals surface area contributed by atoms with Crippen molar-refractivity contribution in [3.63, 3.8) is 0 Å². The molecule has 27 heavy (non-hydrogen) atoms. The molecule has 2 amide bonds. The average molecular weight is 369 g/mol. The van der Waals surface area contributed by atoms with Crippen LogP contribution in [-0.4, -0.2) is 28.2 Å². The van der Waals surface area contributed by atoms with Crippen LogP contribution in [0.3, 0.4) is 0 Å². The standard InChI is InChI=1S/C19H19N3O5/c1-3-16-20-12(2)10-17(23)22(16)8-9-26-14-6-4-13(5-7-14)11-15-18(24)21-19(25)27-15/h4-7,10-11H,3,8-9H2,1-2H3,(H,21,24,25)/b15-11-. The second-order valence-electron chi connectivity index (χ2n) is 5.93. The predicted molar refractivity (Wildman–Crippen MR) is 97.1 cm³/mol. The van der Waals surface area contributed by atoms with Crippen LogP contribution in [-0.2, 0) is 22.5 Å².